The van der Waals surface area contributed by atoms with Crippen LogP contribution in [0, 0.1) is 0 Å². The summed E-state index contributed by atoms with van der Waals surface area (Å²) in [6, 6.07) is 61.1. The first-order valence-electron chi connectivity index (χ1n) is 16.6. The van der Waals surface area contributed by atoms with E-state index in [0.29, 0.717) is 10.9 Å². The maximum absolute atomic E-state index is 14.4. The Bertz CT molecular complexity index is 2930. The van der Waals surface area contributed by atoms with Gasteiger partial charge in [-0.15, -0.1) is 0 Å². The Morgan fingerprint density at radius 2 is 0.878 bits per heavy atom. The van der Waals surface area contributed by atoms with E-state index in [0.717, 1.165) is 50.3 Å². The van der Waals surface area contributed by atoms with E-state index < -0.39 is 0 Å². The Balaban J connectivity index is 1.30. The second-order valence-corrected chi connectivity index (χ2v) is 12.5. The third-order valence-electron chi connectivity index (χ3n) is 9.82. The molecule has 0 atom stereocenters. The van der Waals surface area contributed by atoms with Crippen LogP contribution in [-0.4, -0.2) is 13.5 Å². The van der Waals surface area contributed by atoms with Gasteiger partial charge >= 0.3 is 0 Å². The highest BCUT2D eigenvalue weighted by molar-refractivity contribution is 6.10. The van der Waals surface area contributed by atoms with Gasteiger partial charge in [0.05, 0.1) is 33.1 Å². The van der Waals surface area contributed by atoms with Crippen molar-refractivity contribution in [2.24, 2.45) is 0 Å². The summed E-state index contributed by atoms with van der Waals surface area (Å²) in [7, 11) is 0. The average Bonchev–Trinajstić information content (AvgIpc) is 3.68. The molecule has 230 valence electrons. The number of aromatic nitrogens is 3. The predicted octanol–water partition coefficient (Wildman–Crippen LogP) is 10.8. The summed E-state index contributed by atoms with van der Waals surface area (Å²) in [4.78, 5) is 14.4. The quantitative estimate of drug-likeness (QED) is 0.191. The lowest BCUT2D eigenvalue weighted by atomic mass is 10.0. The van der Waals surface area contributed by atoms with E-state index in [1.54, 1.807) is 0 Å². The van der Waals surface area contributed by atoms with Crippen molar-refractivity contribution in [3.05, 3.63) is 186 Å². The van der Waals surface area contributed by atoms with Gasteiger partial charge in [0.2, 0.25) is 0 Å². The second kappa shape index (κ2) is 10.7. The van der Waals surface area contributed by atoms with Crippen molar-refractivity contribution in [1.29, 1.82) is 0 Å². The SMILES string of the molecule is O=c1c(-c2ccccc2)c2n(-c3ccccc3)c3ccc(-c4ccc5c(c4)c4ccccc4n5-c4ccccc4)cc3n2c2ccccc12. The number of imidazole rings is 1. The maximum atomic E-state index is 14.4. The molecule has 0 aliphatic heterocycles. The van der Waals surface area contributed by atoms with Crippen molar-refractivity contribution in [2.45, 2.75) is 0 Å². The minimum Gasteiger partial charge on any atom is -0.309 e. The number of nitrogens with zero attached hydrogens (tertiary/aromatic N) is 3. The predicted molar refractivity (Wildman–Crippen MR) is 203 cm³/mol. The Kier molecular flexibility index (Phi) is 5.99. The summed E-state index contributed by atoms with van der Waals surface area (Å²) in [5.41, 5.74) is 12.2. The molecule has 4 heteroatoms. The molecular weight excluding hydrogens is 599 g/mol. The van der Waals surface area contributed by atoms with E-state index in [1.165, 1.54) is 21.8 Å². The normalized spacial score (nSPS) is 11.8. The first kappa shape index (κ1) is 27.5. The molecule has 10 rings (SSSR count). The van der Waals surface area contributed by atoms with Crippen LogP contribution in [0.3, 0.4) is 0 Å². The van der Waals surface area contributed by atoms with Gasteiger partial charge in [-0.05, 0) is 83.4 Å². The topological polar surface area (TPSA) is 31.3 Å². The zero-order valence-corrected chi connectivity index (χ0v) is 26.5. The number of hydrogen-bond acceptors (Lipinski definition) is 1. The van der Waals surface area contributed by atoms with Gasteiger partial charge in [0.1, 0.15) is 5.65 Å². The molecule has 0 radical (unpaired) electrons. The minimum absolute atomic E-state index is 0.0299. The van der Waals surface area contributed by atoms with E-state index in [-0.39, 0.29) is 5.43 Å². The Hall–Kier alpha value is -6.65. The van der Waals surface area contributed by atoms with Crippen molar-refractivity contribution < 1.29 is 0 Å². The summed E-state index contributed by atoms with van der Waals surface area (Å²) < 4.78 is 6.87. The highest BCUT2D eigenvalue weighted by Gasteiger charge is 2.22. The molecule has 0 saturated heterocycles. The maximum Gasteiger partial charge on any atom is 0.199 e. The number of fused-ring (bicyclic) bond motifs is 8. The summed E-state index contributed by atoms with van der Waals surface area (Å²) in [6.45, 7) is 0. The molecule has 7 aromatic carbocycles. The molecule has 10 aromatic rings. The van der Waals surface area contributed by atoms with Gasteiger partial charge in [0, 0.05) is 27.5 Å². The number of rotatable bonds is 4. The molecule has 3 aromatic heterocycles. The van der Waals surface area contributed by atoms with Gasteiger partial charge in [-0.25, -0.2) is 0 Å². The van der Waals surface area contributed by atoms with E-state index in [9.17, 15) is 4.79 Å². The monoisotopic (exact) mass is 627 g/mol. The van der Waals surface area contributed by atoms with Crippen LogP contribution >= 0.6 is 0 Å². The zero-order valence-electron chi connectivity index (χ0n) is 26.5. The Morgan fingerprint density at radius 1 is 0.347 bits per heavy atom. The van der Waals surface area contributed by atoms with Crippen LogP contribution < -0.4 is 5.43 Å². The van der Waals surface area contributed by atoms with Crippen LogP contribution in [0.1, 0.15) is 0 Å². The van der Waals surface area contributed by atoms with Gasteiger partial charge in [0.25, 0.3) is 0 Å². The molecule has 0 unspecified atom stereocenters. The van der Waals surface area contributed by atoms with Crippen LogP contribution in [-0.2, 0) is 0 Å². The molecule has 49 heavy (non-hydrogen) atoms. The summed E-state index contributed by atoms with van der Waals surface area (Å²) in [5.74, 6) is 0. The zero-order chi connectivity index (χ0) is 32.5. The third kappa shape index (κ3) is 4.07. The number of para-hydroxylation sites is 4. The standard InChI is InChI=1S/C45H29N3O/c49-44-36-21-11-13-23-39(36)48-42-29-32(25-27-41(42)47(34-18-8-3-9-19-34)45(48)43(44)30-14-4-1-5-15-30)31-24-26-40-37(28-31)35-20-10-12-22-38(35)46(40)33-16-6-2-7-17-33/h1-29H. The molecule has 0 aliphatic carbocycles. The van der Waals surface area contributed by atoms with Crippen LogP contribution in [0.2, 0.25) is 0 Å². The van der Waals surface area contributed by atoms with Gasteiger partial charge in [-0.3, -0.25) is 13.8 Å². The van der Waals surface area contributed by atoms with Crippen molar-refractivity contribution in [1.82, 2.24) is 13.5 Å². The Morgan fingerprint density at radius 3 is 1.59 bits per heavy atom. The molecule has 0 spiro atoms. The fraction of sp³-hybridized carbons (Fsp3) is 0. The fourth-order valence-electron chi connectivity index (χ4n) is 7.67. The average molecular weight is 628 g/mol. The van der Waals surface area contributed by atoms with Crippen molar-refractivity contribution in [2.75, 3.05) is 0 Å². The molecule has 0 saturated carbocycles. The molecular formula is C45H29N3O. The molecule has 3 heterocycles. The third-order valence-corrected chi connectivity index (χ3v) is 9.82. The van der Waals surface area contributed by atoms with Crippen molar-refractivity contribution in [3.8, 4) is 33.6 Å². The van der Waals surface area contributed by atoms with Gasteiger partial charge in [0.15, 0.2) is 5.43 Å². The summed E-state index contributed by atoms with van der Waals surface area (Å²) >= 11 is 0. The molecule has 0 N–H and O–H groups in total. The van der Waals surface area contributed by atoms with Crippen molar-refractivity contribution >= 4 is 49.4 Å². The highest BCUT2D eigenvalue weighted by atomic mass is 16.1. The van der Waals surface area contributed by atoms with Crippen LogP contribution in [0.5, 0.6) is 0 Å². The van der Waals surface area contributed by atoms with E-state index in [2.05, 4.69) is 135 Å². The van der Waals surface area contributed by atoms with E-state index in [4.69, 9.17) is 0 Å². The molecule has 0 amide bonds. The lowest BCUT2D eigenvalue weighted by Gasteiger charge is -2.13. The molecule has 0 fully saturated rings. The molecule has 4 nitrogen and oxygen atoms in total. The van der Waals surface area contributed by atoms with Gasteiger partial charge < -0.3 is 4.57 Å². The van der Waals surface area contributed by atoms with Crippen LogP contribution in [0.15, 0.2) is 181 Å². The number of benzene rings is 7. The fourth-order valence-corrected chi connectivity index (χ4v) is 7.67. The molecule has 0 aliphatic rings. The lowest BCUT2D eigenvalue weighted by Crippen LogP contribution is -2.11. The lowest BCUT2D eigenvalue weighted by molar-refractivity contribution is 1.13. The largest absolute Gasteiger partial charge is 0.309 e. The van der Waals surface area contributed by atoms with E-state index in [1.807, 2.05) is 54.6 Å². The minimum atomic E-state index is 0.0299. The van der Waals surface area contributed by atoms with Crippen LogP contribution in [0.25, 0.3) is 83.0 Å². The smallest absolute Gasteiger partial charge is 0.199 e. The van der Waals surface area contributed by atoms with Gasteiger partial charge in [-0.1, -0.05) is 109 Å². The number of pyridine rings is 1. The summed E-state index contributed by atoms with van der Waals surface area (Å²) in [5, 5.41) is 3.14. The Labute approximate surface area is 282 Å². The first-order chi connectivity index (χ1) is 24.3. The van der Waals surface area contributed by atoms with Gasteiger partial charge in [-0.2, -0.15) is 0 Å². The van der Waals surface area contributed by atoms with Crippen LogP contribution in [0.4, 0.5) is 0 Å². The molecule has 0 bridgehead atoms. The number of hydrogen-bond donors (Lipinski definition) is 0. The first-order valence-corrected chi connectivity index (χ1v) is 16.6. The summed E-state index contributed by atoms with van der Waals surface area (Å²) in [6.07, 6.45) is 0. The highest BCUT2D eigenvalue weighted by Crippen LogP contribution is 2.38. The van der Waals surface area contributed by atoms with E-state index >= 15 is 0 Å². The van der Waals surface area contributed by atoms with Crippen molar-refractivity contribution in [3.63, 3.8) is 0 Å². The second-order valence-electron chi connectivity index (χ2n) is 12.5.